The van der Waals surface area contributed by atoms with Crippen LogP contribution in [0.15, 0.2) is 53.1 Å². The highest BCUT2D eigenvalue weighted by Gasteiger charge is 2.22. The molecule has 1 aromatic heterocycles. The second-order valence-electron chi connectivity index (χ2n) is 7.04. The molecule has 0 atom stereocenters. The normalized spacial score (nSPS) is 15.0. The first kappa shape index (κ1) is 18.5. The summed E-state index contributed by atoms with van der Waals surface area (Å²) >= 11 is 0. The van der Waals surface area contributed by atoms with Crippen molar-refractivity contribution in [3.8, 4) is 17.0 Å². The SMILES string of the molecule is COc1cccc(N2CCN(Cc3c(-c4cccc(F)c4)noc3C)CC2)c1. The molecule has 1 saturated heterocycles. The maximum atomic E-state index is 13.6. The molecule has 1 fully saturated rings. The van der Waals surface area contributed by atoms with E-state index in [2.05, 4.69) is 27.1 Å². The van der Waals surface area contributed by atoms with E-state index in [0.717, 1.165) is 61.1 Å². The number of piperazine rings is 1. The quantitative estimate of drug-likeness (QED) is 0.665. The first-order valence-corrected chi connectivity index (χ1v) is 9.46. The van der Waals surface area contributed by atoms with E-state index < -0.39 is 0 Å². The van der Waals surface area contributed by atoms with Gasteiger partial charge < -0.3 is 14.2 Å². The minimum absolute atomic E-state index is 0.268. The summed E-state index contributed by atoms with van der Waals surface area (Å²) < 4.78 is 24.4. The zero-order valence-corrected chi connectivity index (χ0v) is 16.2. The van der Waals surface area contributed by atoms with Gasteiger partial charge in [0.15, 0.2) is 0 Å². The van der Waals surface area contributed by atoms with E-state index in [-0.39, 0.29) is 5.82 Å². The van der Waals surface area contributed by atoms with E-state index in [9.17, 15) is 4.39 Å². The second kappa shape index (κ2) is 8.02. The van der Waals surface area contributed by atoms with Crippen molar-refractivity contribution in [3.63, 3.8) is 0 Å². The average Bonchev–Trinajstić information content (AvgIpc) is 3.09. The number of benzene rings is 2. The van der Waals surface area contributed by atoms with Gasteiger partial charge in [0.2, 0.25) is 0 Å². The molecule has 5 nitrogen and oxygen atoms in total. The third-order valence-corrected chi connectivity index (χ3v) is 5.26. The largest absolute Gasteiger partial charge is 0.497 e. The highest BCUT2D eigenvalue weighted by molar-refractivity contribution is 5.63. The van der Waals surface area contributed by atoms with Crippen LogP contribution in [0.2, 0.25) is 0 Å². The fourth-order valence-electron chi connectivity index (χ4n) is 3.63. The molecule has 2 aromatic carbocycles. The molecule has 1 aliphatic heterocycles. The van der Waals surface area contributed by atoms with Crippen LogP contribution in [-0.2, 0) is 6.54 Å². The van der Waals surface area contributed by atoms with Gasteiger partial charge in [-0.25, -0.2) is 4.39 Å². The zero-order valence-electron chi connectivity index (χ0n) is 16.2. The van der Waals surface area contributed by atoms with Gasteiger partial charge in [0.05, 0.1) is 7.11 Å². The Morgan fingerprint density at radius 1 is 1.07 bits per heavy atom. The number of hydrogen-bond donors (Lipinski definition) is 0. The van der Waals surface area contributed by atoms with Gasteiger partial charge in [0.1, 0.15) is 23.0 Å². The van der Waals surface area contributed by atoms with Crippen molar-refractivity contribution in [1.82, 2.24) is 10.1 Å². The van der Waals surface area contributed by atoms with E-state index in [0.29, 0.717) is 0 Å². The molecular weight excluding hydrogens is 357 g/mol. The molecule has 0 radical (unpaired) electrons. The number of anilines is 1. The summed E-state index contributed by atoms with van der Waals surface area (Å²) in [4.78, 5) is 4.76. The lowest BCUT2D eigenvalue weighted by molar-refractivity contribution is 0.248. The lowest BCUT2D eigenvalue weighted by Gasteiger charge is -2.36. The van der Waals surface area contributed by atoms with Gasteiger partial charge in [-0.2, -0.15) is 0 Å². The molecule has 0 N–H and O–H groups in total. The maximum Gasteiger partial charge on any atom is 0.138 e. The number of aryl methyl sites for hydroxylation is 1. The summed E-state index contributed by atoms with van der Waals surface area (Å²) in [5.41, 5.74) is 3.69. The van der Waals surface area contributed by atoms with Crippen LogP contribution in [0.3, 0.4) is 0 Å². The van der Waals surface area contributed by atoms with E-state index in [1.807, 2.05) is 25.1 Å². The molecule has 6 heteroatoms. The Morgan fingerprint density at radius 3 is 2.61 bits per heavy atom. The average molecular weight is 381 g/mol. The standard InChI is InChI=1S/C22H24FN3O2/c1-16-21(22(24-28-16)17-5-3-6-18(23)13-17)15-25-9-11-26(12-10-25)19-7-4-8-20(14-19)27-2/h3-8,13-14H,9-12,15H2,1-2H3. The maximum absolute atomic E-state index is 13.6. The number of rotatable bonds is 5. The summed E-state index contributed by atoms with van der Waals surface area (Å²) in [5.74, 6) is 1.39. The molecule has 4 rings (SSSR count). The third kappa shape index (κ3) is 3.87. The Morgan fingerprint density at radius 2 is 1.86 bits per heavy atom. The summed E-state index contributed by atoms with van der Waals surface area (Å²) in [6.45, 7) is 6.40. The Kier molecular flexibility index (Phi) is 5.30. The predicted octanol–water partition coefficient (Wildman–Crippen LogP) is 4.12. The van der Waals surface area contributed by atoms with Crippen molar-refractivity contribution in [2.45, 2.75) is 13.5 Å². The van der Waals surface area contributed by atoms with Crippen LogP contribution in [0.4, 0.5) is 10.1 Å². The van der Waals surface area contributed by atoms with E-state index in [1.54, 1.807) is 13.2 Å². The first-order chi connectivity index (χ1) is 13.6. The summed E-state index contributed by atoms with van der Waals surface area (Å²) in [5, 5.41) is 4.18. The molecule has 1 aliphatic rings. The molecule has 2 heterocycles. The van der Waals surface area contributed by atoms with Gasteiger partial charge in [0, 0.05) is 55.6 Å². The predicted molar refractivity (Wildman–Crippen MR) is 107 cm³/mol. The number of methoxy groups -OCH3 is 1. The van der Waals surface area contributed by atoms with E-state index in [1.165, 1.54) is 17.8 Å². The van der Waals surface area contributed by atoms with E-state index in [4.69, 9.17) is 9.26 Å². The fraction of sp³-hybridized carbons (Fsp3) is 0.318. The number of aromatic nitrogens is 1. The highest BCUT2D eigenvalue weighted by atomic mass is 19.1. The van der Waals surface area contributed by atoms with Crippen molar-refractivity contribution in [2.75, 3.05) is 38.2 Å². The van der Waals surface area contributed by atoms with Gasteiger partial charge in [-0.05, 0) is 31.2 Å². The zero-order chi connectivity index (χ0) is 19.5. The molecule has 146 valence electrons. The molecule has 0 aliphatic carbocycles. The molecule has 0 amide bonds. The molecule has 0 spiro atoms. The smallest absolute Gasteiger partial charge is 0.138 e. The Balaban J connectivity index is 1.45. The van der Waals surface area contributed by atoms with Crippen molar-refractivity contribution in [3.05, 3.63) is 65.7 Å². The summed E-state index contributed by atoms with van der Waals surface area (Å²) in [7, 11) is 1.69. The Bertz CT molecular complexity index is 948. The topological polar surface area (TPSA) is 41.7 Å². The molecule has 0 saturated carbocycles. The van der Waals surface area contributed by atoms with Crippen LogP contribution in [0.5, 0.6) is 5.75 Å². The minimum Gasteiger partial charge on any atom is -0.497 e. The Hall–Kier alpha value is -2.86. The monoisotopic (exact) mass is 381 g/mol. The van der Waals surface area contributed by atoms with Crippen LogP contribution in [0.25, 0.3) is 11.3 Å². The lowest BCUT2D eigenvalue weighted by Crippen LogP contribution is -2.46. The van der Waals surface area contributed by atoms with Crippen LogP contribution in [0, 0.1) is 12.7 Å². The van der Waals surface area contributed by atoms with Gasteiger partial charge in [-0.15, -0.1) is 0 Å². The second-order valence-corrected chi connectivity index (χ2v) is 7.04. The van der Waals surface area contributed by atoms with Crippen molar-refractivity contribution < 1.29 is 13.7 Å². The number of halogens is 1. The minimum atomic E-state index is -0.268. The van der Waals surface area contributed by atoms with Crippen molar-refractivity contribution in [2.24, 2.45) is 0 Å². The first-order valence-electron chi connectivity index (χ1n) is 9.46. The van der Waals surface area contributed by atoms with Gasteiger partial charge >= 0.3 is 0 Å². The van der Waals surface area contributed by atoms with E-state index >= 15 is 0 Å². The van der Waals surface area contributed by atoms with Crippen molar-refractivity contribution in [1.29, 1.82) is 0 Å². The van der Waals surface area contributed by atoms with Crippen LogP contribution >= 0.6 is 0 Å². The highest BCUT2D eigenvalue weighted by Crippen LogP contribution is 2.28. The van der Waals surface area contributed by atoms with Gasteiger partial charge in [0.25, 0.3) is 0 Å². The van der Waals surface area contributed by atoms with Gasteiger partial charge in [-0.3, -0.25) is 4.90 Å². The summed E-state index contributed by atoms with van der Waals surface area (Å²) in [6.07, 6.45) is 0. The summed E-state index contributed by atoms with van der Waals surface area (Å²) in [6, 6.07) is 14.7. The number of ether oxygens (including phenoxy) is 1. The van der Waals surface area contributed by atoms with Crippen molar-refractivity contribution >= 4 is 5.69 Å². The molecular formula is C22H24FN3O2. The number of nitrogens with zero attached hydrogens (tertiary/aromatic N) is 3. The van der Waals surface area contributed by atoms with Crippen LogP contribution in [-0.4, -0.2) is 43.3 Å². The third-order valence-electron chi connectivity index (χ3n) is 5.26. The molecule has 28 heavy (non-hydrogen) atoms. The Labute approximate surface area is 164 Å². The fourth-order valence-corrected chi connectivity index (χ4v) is 3.63. The van der Waals surface area contributed by atoms with Crippen LogP contribution < -0.4 is 9.64 Å². The molecule has 0 unspecified atom stereocenters. The van der Waals surface area contributed by atoms with Gasteiger partial charge in [-0.1, -0.05) is 23.4 Å². The number of hydrogen-bond acceptors (Lipinski definition) is 5. The lowest BCUT2D eigenvalue weighted by atomic mass is 10.1. The molecule has 0 bridgehead atoms. The van der Waals surface area contributed by atoms with Crippen LogP contribution in [0.1, 0.15) is 11.3 Å². The molecule has 3 aromatic rings.